The van der Waals surface area contributed by atoms with Gasteiger partial charge in [-0.25, -0.2) is 0 Å². The zero-order chi connectivity index (χ0) is 13.6. The van der Waals surface area contributed by atoms with Gasteiger partial charge < -0.3 is 9.47 Å². The Labute approximate surface area is 106 Å². The molecule has 0 aliphatic carbocycles. The molecule has 0 N–H and O–H groups in total. The number of carbonyl (C=O) groups is 1. The van der Waals surface area contributed by atoms with Crippen molar-refractivity contribution in [1.82, 2.24) is 0 Å². The molecule has 0 heterocycles. The zero-order valence-electron chi connectivity index (χ0n) is 12.4. The third-order valence-electron chi connectivity index (χ3n) is 4.03. The quantitative estimate of drug-likeness (QED) is 0.645. The van der Waals surface area contributed by atoms with Gasteiger partial charge in [-0.05, 0) is 18.8 Å². The SMILES string of the molecule is CCC(=O)OCC(C(C)C)(C(C)C)C(C)OC. The molecule has 0 radical (unpaired) electrons. The Morgan fingerprint density at radius 2 is 1.59 bits per heavy atom. The zero-order valence-corrected chi connectivity index (χ0v) is 12.4. The molecule has 0 aliphatic rings. The van der Waals surface area contributed by atoms with Crippen molar-refractivity contribution in [3.05, 3.63) is 0 Å². The minimum Gasteiger partial charge on any atom is -0.465 e. The first kappa shape index (κ1) is 16.4. The van der Waals surface area contributed by atoms with E-state index in [-0.39, 0.29) is 17.5 Å². The first-order chi connectivity index (χ1) is 7.82. The summed E-state index contributed by atoms with van der Waals surface area (Å²) in [5, 5.41) is 0. The molecule has 1 unspecified atom stereocenters. The topological polar surface area (TPSA) is 35.5 Å². The maximum absolute atomic E-state index is 11.4. The molecule has 0 saturated heterocycles. The molecule has 17 heavy (non-hydrogen) atoms. The van der Waals surface area contributed by atoms with E-state index in [4.69, 9.17) is 9.47 Å². The Kier molecular flexibility index (Phi) is 6.76. The van der Waals surface area contributed by atoms with Crippen molar-refractivity contribution in [3.63, 3.8) is 0 Å². The van der Waals surface area contributed by atoms with Gasteiger partial charge in [-0.2, -0.15) is 0 Å². The van der Waals surface area contributed by atoms with Crippen molar-refractivity contribution in [2.75, 3.05) is 13.7 Å². The fourth-order valence-electron chi connectivity index (χ4n) is 2.58. The van der Waals surface area contributed by atoms with Crippen LogP contribution in [0.25, 0.3) is 0 Å². The van der Waals surface area contributed by atoms with Crippen molar-refractivity contribution in [1.29, 1.82) is 0 Å². The van der Waals surface area contributed by atoms with Gasteiger partial charge in [-0.1, -0.05) is 34.6 Å². The average molecular weight is 244 g/mol. The Morgan fingerprint density at radius 3 is 1.88 bits per heavy atom. The predicted molar refractivity (Wildman–Crippen MR) is 69.8 cm³/mol. The van der Waals surface area contributed by atoms with Crippen LogP contribution in [-0.2, 0) is 14.3 Å². The summed E-state index contributed by atoms with van der Waals surface area (Å²) in [6.45, 7) is 13.0. The fourth-order valence-corrected chi connectivity index (χ4v) is 2.58. The van der Waals surface area contributed by atoms with Gasteiger partial charge in [0.25, 0.3) is 0 Å². The molecule has 1 atom stereocenters. The first-order valence-corrected chi connectivity index (χ1v) is 6.51. The summed E-state index contributed by atoms with van der Waals surface area (Å²) in [7, 11) is 1.71. The lowest BCUT2D eigenvalue weighted by atomic mass is 9.66. The molecule has 0 fully saturated rings. The molecule has 0 aromatic heterocycles. The maximum atomic E-state index is 11.4. The second kappa shape index (κ2) is 7.00. The number of hydrogen-bond donors (Lipinski definition) is 0. The van der Waals surface area contributed by atoms with Gasteiger partial charge in [0.05, 0.1) is 12.7 Å². The Morgan fingerprint density at radius 1 is 1.12 bits per heavy atom. The highest BCUT2D eigenvalue weighted by atomic mass is 16.5. The molecule has 0 bridgehead atoms. The van der Waals surface area contributed by atoms with Crippen molar-refractivity contribution in [2.24, 2.45) is 17.3 Å². The summed E-state index contributed by atoms with van der Waals surface area (Å²) in [6, 6.07) is 0. The second-order valence-corrected chi connectivity index (χ2v) is 5.31. The van der Waals surface area contributed by atoms with Crippen LogP contribution in [0.5, 0.6) is 0 Å². The van der Waals surface area contributed by atoms with E-state index in [0.717, 1.165) is 0 Å². The summed E-state index contributed by atoms with van der Waals surface area (Å²) in [5.74, 6) is 0.642. The van der Waals surface area contributed by atoms with E-state index in [1.54, 1.807) is 7.11 Å². The normalized spacial score (nSPS) is 14.2. The minimum atomic E-state index is -0.140. The van der Waals surface area contributed by atoms with E-state index in [1.807, 2.05) is 6.92 Å². The number of methoxy groups -OCH3 is 1. The van der Waals surface area contributed by atoms with Gasteiger partial charge in [-0.3, -0.25) is 4.79 Å². The largest absolute Gasteiger partial charge is 0.465 e. The van der Waals surface area contributed by atoms with Crippen LogP contribution in [0.1, 0.15) is 48.0 Å². The molecule has 102 valence electrons. The van der Waals surface area contributed by atoms with Crippen LogP contribution in [0.15, 0.2) is 0 Å². The molecule has 3 heteroatoms. The summed E-state index contributed by atoms with van der Waals surface area (Å²) in [5.41, 5.74) is -0.125. The Bertz CT molecular complexity index is 226. The lowest BCUT2D eigenvalue weighted by Crippen LogP contribution is -2.48. The number of esters is 1. The van der Waals surface area contributed by atoms with Crippen LogP contribution in [0.2, 0.25) is 0 Å². The summed E-state index contributed by atoms with van der Waals surface area (Å²) in [4.78, 5) is 11.4. The summed E-state index contributed by atoms with van der Waals surface area (Å²) in [6.07, 6.45) is 0.486. The van der Waals surface area contributed by atoms with Crippen molar-refractivity contribution < 1.29 is 14.3 Å². The third-order valence-corrected chi connectivity index (χ3v) is 4.03. The van der Waals surface area contributed by atoms with Gasteiger partial charge in [-0.15, -0.1) is 0 Å². The number of hydrogen-bond acceptors (Lipinski definition) is 3. The van der Waals surface area contributed by atoms with Crippen LogP contribution < -0.4 is 0 Å². The molecule has 0 rings (SSSR count). The lowest BCUT2D eigenvalue weighted by Gasteiger charge is -2.44. The van der Waals surface area contributed by atoms with Crippen molar-refractivity contribution >= 4 is 5.97 Å². The third kappa shape index (κ3) is 3.70. The molecule has 0 aromatic carbocycles. The van der Waals surface area contributed by atoms with E-state index < -0.39 is 0 Å². The van der Waals surface area contributed by atoms with Crippen LogP contribution in [0.4, 0.5) is 0 Å². The second-order valence-electron chi connectivity index (χ2n) is 5.31. The van der Waals surface area contributed by atoms with E-state index >= 15 is 0 Å². The minimum absolute atomic E-state index is 0.0622. The smallest absolute Gasteiger partial charge is 0.305 e. The average Bonchev–Trinajstić information content (AvgIpc) is 2.27. The number of rotatable bonds is 7. The molecular weight excluding hydrogens is 216 g/mol. The molecule has 0 aliphatic heterocycles. The lowest BCUT2D eigenvalue weighted by molar-refractivity contribution is -0.157. The monoisotopic (exact) mass is 244 g/mol. The molecule has 3 nitrogen and oxygen atoms in total. The Balaban J connectivity index is 4.98. The van der Waals surface area contributed by atoms with Crippen LogP contribution in [-0.4, -0.2) is 25.8 Å². The van der Waals surface area contributed by atoms with Crippen LogP contribution in [0.3, 0.4) is 0 Å². The highest BCUT2D eigenvalue weighted by Crippen LogP contribution is 2.41. The van der Waals surface area contributed by atoms with Gasteiger partial charge in [0.1, 0.15) is 0 Å². The highest BCUT2D eigenvalue weighted by Gasteiger charge is 2.43. The molecule has 0 amide bonds. The molecule has 0 spiro atoms. The van der Waals surface area contributed by atoms with Gasteiger partial charge in [0.2, 0.25) is 0 Å². The maximum Gasteiger partial charge on any atom is 0.305 e. The van der Waals surface area contributed by atoms with Crippen LogP contribution >= 0.6 is 0 Å². The van der Waals surface area contributed by atoms with Crippen LogP contribution in [0, 0.1) is 17.3 Å². The standard InChI is InChI=1S/C14H28O3/c1-8-13(15)17-9-14(10(2)3,11(4)5)12(6)16-7/h10-12H,8-9H2,1-7H3. The van der Waals surface area contributed by atoms with E-state index in [1.165, 1.54) is 0 Å². The fraction of sp³-hybridized carbons (Fsp3) is 0.929. The van der Waals surface area contributed by atoms with E-state index in [2.05, 4.69) is 34.6 Å². The summed E-state index contributed by atoms with van der Waals surface area (Å²) >= 11 is 0. The summed E-state index contributed by atoms with van der Waals surface area (Å²) < 4.78 is 10.9. The van der Waals surface area contributed by atoms with Gasteiger partial charge >= 0.3 is 5.97 Å². The first-order valence-electron chi connectivity index (χ1n) is 6.51. The molecular formula is C14H28O3. The number of ether oxygens (including phenoxy) is 2. The molecule has 0 saturated carbocycles. The van der Waals surface area contributed by atoms with Crippen molar-refractivity contribution in [3.8, 4) is 0 Å². The molecule has 0 aromatic rings. The van der Waals surface area contributed by atoms with E-state index in [0.29, 0.717) is 24.9 Å². The Hall–Kier alpha value is -0.570. The predicted octanol–water partition coefficient (Wildman–Crippen LogP) is 3.27. The van der Waals surface area contributed by atoms with Gasteiger partial charge in [0.15, 0.2) is 0 Å². The van der Waals surface area contributed by atoms with E-state index in [9.17, 15) is 4.79 Å². The van der Waals surface area contributed by atoms with Gasteiger partial charge in [0, 0.05) is 18.9 Å². The highest BCUT2D eigenvalue weighted by molar-refractivity contribution is 5.68. The number of carbonyl (C=O) groups excluding carboxylic acids is 1. The van der Waals surface area contributed by atoms with Crippen molar-refractivity contribution in [2.45, 2.75) is 54.1 Å².